The predicted molar refractivity (Wildman–Crippen MR) is 123 cm³/mol. The van der Waals surface area contributed by atoms with E-state index in [2.05, 4.69) is 53.3 Å². The third kappa shape index (κ3) is 4.63. The van der Waals surface area contributed by atoms with Crippen molar-refractivity contribution in [2.45, 2.75) is 20.4 Å². The lowest BCUT2D eigenvalue weighted by Crippen LogP contribution is -2.18. The van der Waals surface area contributed by atoms with Crippen molar-refractivity contribution >= 4 is 17.3 Å². The van der Waals surface area contributed by atoms with Gasteiger partial charge in [-0.1, -0.05) is 48.5 Å². The molecule has 0 spiro atoms. The molecule has 0 radical (unpaired) electrons. The van der Waals surface area contributed by atoms with E-state index in [1.807, 2.05) is 54.7 Å². The van der Waals surface area contributed by atoms with Gasteiger partial charge < -0.3 is 10.2 Å². The third-order valence-corrected chi connectivity index (χ3v) is 4.85. The number of pyridine rings is 1. The summed E-state index contributed by atoms with van der Waals surface area (Å²) in [4.78, 5) is 16.1. The van der Waals surface area contributed by atoms with Crippen molar-refractivity contribution in [3.8, 4) is 11.4 Å². The second kappa shape index (κ2) is 9.18. The molecule has 150 valence electrons. The number of nitrogens with zero attached hydrogens (tertiary/aromatic N) is 4. The van der Waals surface area contributed by atoms with Crippen LogP contribution in [0.1, 0.15) is 18.1 Å². The molecule has 0 aliphatic carbocycles. The highest BCUT2D eigenvalue weighted by molar-refractivity contribution is 5.67. The van der Waals surface area contributed by atoms with Crippen molar-refractivity contribution in [1.29, 1.82) is 0 Å². The van der Waals surface area contributed by atoms with Crippen molar-refractivity contribution in [3.05, 3.63) is 96.3 Å². The summed E-state index contributed by atoms with van der Waals surface area (Å²) in [7, 11) is 0. The van der Waals surface area contributed by atoms with Gasteiger partial charge in [-0.15, -0.1) is 0 Å². The normalized spacial score (nSPS) is 10.6. The molecule has 4 rings (SSSR count). The van der Waals surface area contributed by atoms with E-state index in [-0.39, 0.29) is 0 Å². The molecule has 0 aliphatic heterocycles. The van der Waals surface area contributed by atoms with E-state index in [0.717, 1.165) is 35.0 Å². The standard InChI is InChI=1S/C25H25N5/c1-3-30(22-13-7-9-19(2)15-22)24-16-23(27-18-20-10-8-14-26-17-20)28-25(29-24)21-11-5-4-6-12-21/h4-17H,3,18H2,1-2H3,(H,27,28,29). The van der Waals surface area contributed by atoms with Gasteiger partial charge in [0.25, 0.3) is 0 Å². The van der Waals surface area contributed by atoms with Gasteiger partial charge in [-0.3, -0.25) is 4.98 Å². The summed E-state index contributed by atoms with van der Waals surface area (Å²) in [6, 6.07) is 24.6. The molecule has 0 aliphatic rings. The fraction of sp³-hybridized carbons (Fsp3) is 0.160. The van der Waals surface area contributed by atoms with Crippen molar-refractivity contribution in [2.75, 3.05) is 16.8 Å². The first-order chi connectivity index (χ1) is 14.7. The van der Waals surface area contributed by atoms with Gasteiger partial charge in [-0.05, 0) is 43.2 Å². The molecule has 0 amide bonds. The topological polar surface area (TPSA) is 53.9 Å². The third-order valence-electron chi connectivity index (χ3n) is 4.85. The Labute approximate surface area is 177 Å². The Kier molecular flexibility index (Phi) is 5.99. The summed E-state index contributed by atoms with van der Waals surface area (Å²) in [6.07, 6.45) is 3.64. The van der Waals surface area contributed by atoms with Crippen molar-refractivity contribution in [1.82, 2.24) is 15.0 Å². The number of hydrogen-bond donors (Lipinski definition) is 1. The summed E-state index contributed by atoms with van der Waals surface area (Å²) in [5.74, 6) is 2.35. The number of anilines is 3. The molecule has 0 saturated carbocycles. The predicted octanol–water partition coefficient (Wildman–Crippen LogP) is 5.62. The second-order valence-electron chi connectivity index (χ2n) is 7.10. The first-order valence-corrected chi connectivity index (χ1v) is 10.1. The first-order valence-electron chi connectivity index (χ1n) is 10.1. The van der Waals surface area contributed by atoms with Crippen molar-refractivity contribution < 1.29 is 0 Å². The molecule has 0 bridgehead atoms. The molecular formula is C25H25N5. The maximum absolute atomic E-state index is 4.90. The van der Waals surface area contributed by atoms with Crippen LogP contribution in [0, 0.1) is 6.92 Å². The maximum Gasteiger partial charge on any atom is 0.163 e. The Bertz CT molecular complexity index is 1100. The average Bonchev–Trinajstić information content (AvgIpc) is 2.79. The van der Waals surface area contributed by atoms with Crippen LogP contribution in [-0.2, 0) is 6.54 Å². The van der Waals surface area contributed by atoms with Crippen LogP contribution in [0.5, 0.6) is 0 Å². The molecular weight excluding hydrogens is 370 g/mol. The molecule has 5 nitrogen and oxygen atoms in total. The van der Waals surface area contributed by atoms with Crippen LogP contribution in [0.2, 0.25) is 0 Å². The lowest BCUT2D eigenvalue weighted by Gasteiger charge is -2.23. The van der Waals surface area contributed by atoms with Gasteiger partial charge in [0.15, 0.2) is 5.82 Å². The SMILES string of the molecule is CCN(c1cccc(C)c1)c1cc(NCc2cccnc2)nc(-c2ccccc2)n1. The van der Waals surface area contributed by atoms with E-state index in [0.29, 0.717) is 12.4 Å². The minimum atomic E-state index is 0.648. The highest BCUT2D eigenvalue weighted by Gasteiger charge is 2.14. The molecule has 5 heteroatoms. The highest BCUT2D eigenvalue weighted by atomic mass is 15.2. The van der Waals surface area contributed by atoms with E-state index >= 15 is 0 Å². The van der Waals surface area contributed by atoms with E-state index in [9.17, 15) is 0 Å². The van der Waals surface area contributed by atoms with Gasteiger partial charge in [-0.2, -0.15) is 0 Å². The van der Waals surface area contributed by atoms with Crippen LogP contribution in [0.4, 0.5) is 17.3 Å². The Morgan fingerprint density at radius 1 is 0.900 bits per heavy atom. The Morgan fingerprint density at radius 3 is 2.50 bits per heavy atom. The lowest BCUT2D eigenvalue weighted by molar-refractivity contribution is 0.973. The van der Waals surface area contributed by atoms with Gasteiger partial charge in [0, 0.05) is 42.8 Å². The molecule has 2 aromatic heterocycles. The molecule has 0 fully saturated rings. The maximum atomic E-state index is 4.90. The number of benzene rings is 2. The summed E-state index contributed by atoms with van der Waals surface area (Å²) in [6.45, 7) is 5.69. The average molecular weight is 396 g/mol. The van der Waals surface area contributed by atoms with E-state index < -0.39 is 0 Å². The molecule has 2 aromatic carbocycles. The zero-order valence-corrected chi connectivity index (χ0v) is 17.3. The number of nitrogens with one attached hydrogen (secondary N) is 1. The van der Waals surface area contributed by atoms with Crippen LogP contribution >= 0.6 is 0 Å². The largest absolute Gasteiger partial charge is 0.366 e. The molecule has 0 unspecified atom stereocenters. The Morgan fingerprint density at radius 2 is 1.77 bits per heavy atom. The monoisotopic (exact) mass is 395 g/mol. The molecule has 0 saturated heterocycles. The van der Waals surface area contributed by atoms with E-state index in [4.69, 9.17) is 9.97 Å². The summed E-state index contributed by atoms with van der Waals surface area (Å²) < 4.78 is 0. The number of aryl methyl sites for hydroxylation is 1. The zero-order valence-electron chi connectivity index (χ0n) is 17.3. The Hall–Kier alpha value is -3.73. The number of aromatic nitrogens is 3. The van der Waals surface area contributed by atoms with Gasteiger partial charge >= 0.3 is 0 Å². The summed E-state index contributed by atoms with van der Waals surface area (Å²) in [5, 5.41) is 3.44. The molecule has 4 aromatic rings. The molecule has 30 heavy (non-hydrogen) atoms. The quantitative estimate of drug-likeness (QED) is 0.440. The highest BCUT2D eigenvalue weighted by Crippen LogP contribution is 2.28. The molecule has 2 heterocycles. The van der Waals surface area contributed by atoms with Gasteiger partial charge in [-0.25, -0.2) is 9.97 Å². The minimum Gasteiger partial charge on any atom is -0.366 e. The van der Waals surface area contributed by atoms with Crippen LogP contribution in [0.15, 0.2) is 85.2 Å². The summed E-state index contributed by atoms with van der Waals surface area (Å²) in [5.41, 5.74) is 4.43. The fourth-order valence-corrected chi connectivity index (χ4v) is 3.35. The molecule has 0 atom stereocenters. The van der Waals surface area contributed by atoms with Crippen molar-refractivity contribution in [2.24, 2.45) is 0 Å². The van der Waals surface area contributed by atoms with Crippen LogP contribution in [0.3, 0.4) is 0 Å². The smallest absolute Gasteiger partial charge is 0.163 e. The van der Waals surface area contributed by atoms with E-state index in [1.165, 1.54) is 5.56 Å². The number of hydrogen-bond acceptors (Lipinski definition) is 5. The van der Waals surface area contributed by atoms with Gasteiger partial charge in [0.05, 0.1) is 0 Å². The van der Waals surface area contributed by atoms with Crippen LogP contribution in [0.25, 0.3) is 11.4 Å². The van der Waals surface area contributed by atoms with Crippen LogP contribution in [-0.4, -0.2) is 21.5 Å². The fourth-order valence-electron chi connectivity index (χ4n) is 3.35. The summed E-state index contributed by atoms with van der Waals surface area (Å²) >= 11 is 0. The lowest BCUT2D eigenvalue weighted by atomic mass is 10.2. The first kappa shape index (κ1) is 19.6. The van der Waals surface area contributed by atoms with Gasteiger partial charge in [0.1, 0.15) is 11.6 Å². The zero-order chi connectivity index (χ0) is 20.8. The van der Waals surface area contributed by atoms with Crippen LogP contribution < -0.4 is 10.2 Å². The number of rotatable bonds is 7. The van der Waals surface area contributed by atoms with Gasteiger partial charge in [0.2, 0.25) is 0 Å². The molecule has 1 N–H and O–H groups in total. The minimum absolute atomic E-state index is 0.648. The second-order valence-corrected chi connectivity index (χ2v) is 7.10. The Balaban J connectivity index is 1.73. The van der Waals surface area contributed by atoms with Crippen molar-refractivity contribution in [3.63, 3.8) is 0 Å². The van der Waals surface area contributed by atoms with E-state index in [1.54, 1.807) is 6.20 Å².